The average Bonchev–Trinajstić information content (AvgIpc) is 3.33. The van der Waals surface area contributed by atoms with E-state index >= 15 is 0 Å². The maximum atomic E-state index is 6.08. The first-order chi connectivity index (χ1) is 13.3. The van der Waals surface area contributed by atoms with Crippen molar-refractivity contribution in [2.75, 3.05) is 38.2 Å². The minimum atomic E-state index is 0.468. The molecule has 1 atom stereocenters. The number of likely N-dealkylation sites (N-methyl/N-ethyl adjacent to an activating group) is 1. The number of hydrogen-bond acceptors (Lipinski definition) is 7. The third-order valence-corrected chi connectivity index (χ3v) is 6.03. The minimum absolute atomic E-state index is 0.468. The molecule has 0 saturated carbocycles. The topological polar surface area (TPSA) is 71.3 Å². The Labute approximate surface area is 159 Å². The summed E-state index contributed by atoms with van der Waals surface area (Å²) in [4.78, 5) is 18.6. The van der Waals surface area contributed by atoms with E-state index in [9.17, 15) is 0 Å². The molecule has 1 saturated heterocycles. The monoisotopic (exact) mass is 369 g/mol. The van der Waals surface area contributed by atoms with Gasteiger partial charge in [0.1, 0.15) is 12.4 Å². The first-order valence-electron chi connectivity index (χ1n) is 9.95. The zero-order valence-electron chi connectivity index (χ0n) is 15.9. The van der Waals surface area contributed by atoms with Crippen molar-refractivity contribution in [1.29, 1.82) is 0 Å². The highest BCUT2D eigenvalue weighted by Crippen LogP contribution is 2.29. The zero-order valence-corrected chi connectivity index (χ0v) is 15.9. The second-order valence-corrected chi connectivity index (χ2v) is 7.77. The van der Waals surface area contributed by atoms with E-state index in [0.29, 0.717) is 18.7 Å². The standard InChI is InChI=1S/C19H27N7O/c1-24-6-2-3-14(24)12-27-19-22-17-10-20-5-4-16(17)18(23-19)25-7-8-26-13-21-9-15(26)11-25/h9,13-14,20H,2-8,10-12H2,1H3/t14-/m0/s1. The van der Waals surface area contributed by atoms with E-state index < -0.39 is 0 Å². The van der Waals surface area contributed by atoms with Crippen LogP contribution in [0.2, 0.25) is 0 Å². The molecule has 0 aliphatic carbocycles. The van der Waals surface area contributed by atoms with Gasteiger partial charge in [0.2, 0.25) is 0 Å². The predicted octanol–water partition coefficient (Wildman–Crippen LogP) is 0.812. The number of anilines is 1. The number of hydrogen-bond donors (Lipinski definition) is 1. The van der Waals surface area contributed by atoms with Crippen LogP contribution in [-0.2, 0) is 26.1 Å². The fourth-order valence-electron chi connectivity index (χ4n) is 4.37. The molecule has 0 spiro atoms. The van der Waals surface area contributed by atoms with Crippen molar-refractivity contribution in [2.45, 2.75) is 44.9 Å². The Morgan fingerprint density at radius 2 is 2.22 bits per heavy atom. The minimum Gasteiger partial charge on any atom is -0.462 e. The van der Waals surface area contributed by atoms with Crippen molar-refractivity contribution < 1.29 is 4.74 Å². The van der Waals surface area contributed by atoms with E-state index in [2.05, 4.69) is 31.7 Å². The highest BCUT2D eigenvalue weighted by Gasteiger charge is 2.26. The molecule has 8 heteroatoms. The van der Waals surface area contributed by atoms with Crippen LogP contribution in [-0.4, -0.2) is 63.7 Å². The molecular formula is C19H27N7O. The molecule has 2 aromatic heterocycles. The van der Waals surface area contributed by atoms with Crippen molar-refractivity contribution in [1.82, 2.24) is 29.7 Å². The summed E-state index contributed by atoms with van der Waals surface area (Å²) in [5.41, 5.74) is 3.59. The molecule has 2 aromatic rings. The van der Waals surface area contributed by atoms with E-state index in [-0.39, 0.29) is 0 Å². The summed E-state index contributed by atoms with van der Waals surface area (Å²) in [6.07, 6.45) is 7.26. The number of nitrogens with zero attached hydrogens (tertiary/aromatic N) is 6. The van der Waals surface area contributed by atoms with Gasteiger partial charge >= 0.3 is 6.01 Å². The lowest BCUT2D eigenvalue weighted by Gasteiger charge is -2.32. The first-order valence-corrected chi connectivity index (χ1v) is 9.95. The van der Waals surface area contributed by atoms with Crippen molar-refractivity contribution >= 4 is 5.82 Å². The highest BCUT2D eigenvalue weighted by atomic mass is 16.5. The average molecular weight is 369 g/mol. The maximum Gasteiger partial charge on any atom is 0.318 e. The predicted molar refractivity (Wildman–Crippen MR) is 102 cm³/mol. The number of ether oxygens (including phenoxy) is 1. The Bertz CT molecular complexity index is 820. The van der Waals surface area contributed by atoms with Gasteiger partial charge < -0.3 is 24.4 Å². The number of aromatic nitrogens is 4. The number of nitrogens with one attached hydrogen (secondary N) is 1. The van der Waals surface area contributed by atoms with Crippen LogP contribution >= 0.6 is 0 Å². The van der Waals surface area contributed by atoms with E-state index in [4.69, 9.17) is 14.7 Å². The normalized spacial score (nSPS) is 22.6. The molecular weight excluding hydrogens is 342 g/mol. The van der Waals surface area contributed by atoms with Crippen LogP contribution in [0, 0.1) is 0 Å². The molecule has 1 N–H and O–H groups in total. The second-order valence-electron chi connectivity index (χ2n) is 7.77. The molecule has 0 aromatic carbocycles. The molecule has 8 nitrogen and oxygen atoms in total. The van der Waals surface area contributed by atoms with Crippen molar-refractivity contribution in [3.8, 4) is 6.01 Å². The lowest BCUT2D eigenvalue weighted by Crippen LogP contribution is -2.36. The van der Waals surface area contributed by atoms with Crippen LogP contribution < -0.4 is 15.0 Å². The van der Waals surface area contributed by atoms with E-state index in [1.54, 1.807) is 0 Å². The smallest absolute Gasteiger partial charge is 0.318 e. The fraction of sp³-hybridized carbons (Fsp3) is 0.632. The van der Waals surface area contributed by atoms with Gasteiger partial charge in [-0.3, -0.25) is 0 Å². The molecule has 27 heavy (non-hydrogen) atoms. The molecule has 5 rings (SSSR count). The number of rotatable bonds is 4. The number of fused-ring (bicyclic) bond motifs is 2. The van der Waals surface area contributed by atoms with Crippen LogP contribution in [0.25, 0.3) is 0 Å². The molecule has 1 fully saturated rings. The third kappa shape index (κ3) is 3.27. The van der Waals surface area contributed by atoms with Crippen molar-refractivity contribution in [3.05, 3.63) is 29.5 Å². The van der Waals surface area contributed by atoms with Crippen LogP contribution in [0.15, 0.2) is 12.5 Å². The van der Waals surface area contributed by atoms with Crippen LogP contribution in [0.5, 0.6) is 6.01 Å². The Morgan fingerprint density at radius 1 is 1.26 bits per heavy atom. The summed E-state index contributed by atoms with van der Waals surface area (Å²) >= 11 is 0. The molecule has 144 valence electrons. The summed E-state index contributed by atoms with van der Waals surface area (Å²) in [6.45, 7) is 6.28. The molecule has 0 radical (unpaired) electrons. The number of imidazole rings is 1. The van der Waals surface area contributed by atoms with Gasteiger partial charge in [-0.25, -0.2) is 4.98 Å². The molecule has 0 unspecified atom stereocenters. The van der Waals surface area contributed by atoms with Gasteiger partial charge in [0, 0.05) is 37.4 Å². The van der Waals surface area contributed by atoms with Gasteiger partial charge in [-0.05, 0) is 39.4 Å². The van der Waals surface area contributed by atoms with Gasteiger partial charge in [-0.1, -0.05) is 0 Å². The van der Waals surface area contributed by atoms with Crippen LogP contribution in [0.4, 0.5) is 5.82 Å². The van der Waals surface area contributed by atoms with Crippen molar-refractivity contribution in [2.24, 2.45) is 0 Å². The van der Waals surface area contributed by atoms with Gasteiger partial charge in [0.05, 0.1) is 24.3 Å². The maximum absolute atomic E-state index is 6.08. The van der Waals surface area contributed by atoms with Crippen LogP contribution in [0.3, 0.4) is 0 Å². The summed E-state index contributed by atoms with van der Waals surface area (Å²) in [7, 11) is 2.17. The van der Waals surface area contributed by atoms with E-state index in [0.717, 1.165) is 57.2 Å². The molecule has 0 bridgehead atoms. The number of likely N-dealkylation sites (tertiary alicyclic amines) is 1. The Balaban J connectivity index is 1.41. The SMILES string of the molecule is CN1CCC[C@H]1COc1nc2c(c(N3CCn4cncc4C3)n1)CCNC2. The van der Waals surface area contributed by atoms with Gasteiger partial charge in [-0.2, -0.15) is 9.97 Å². The van der Waals surface area contributed by atoms with Crippen molar-refractivity contribution in [3.63, 3.8) is 0 Å². The Hall–Kier alpha value is -2.19. The third-order valence-electron chi connectivity index (χ3n) is 6.03. The first kappa shape index (κ1) is 16.9. The van der Waals surface area contributed by atoms with Gasteiger partial charge in [-0.15, -0.1) is 0 Å². The fourth-order valence-corrected chi connectivity index (χ4v) is 4.37. The summed E-state index contributed by atoms with van der Waals surface area (Å²) in [5, 5.41) is 3.43. The van der Waals surface area contributed by atoms with Crippen LogP contribution in [0.1, 0.15) is 29.8 Å². The largest absolute Gasteiger partial charge is 0.462 e. The molecule has 3 aliphatic rings. The molecule has 0 amide bonds. The lowest BCUT2D eigenvalue weighted by atomic mass is 10.1. The van der Waals surface area contributed by atoms with E-state index in [1.165, 1.54) is 24.1 Å². The Morgan fingerprint density at radius 3 is 3.11 bits per heavy atom. The van der Waals surface area contributed by atoms with Gasteiger partial charge in [0.15, 0.2) is 0 Å². The summed E-state index contributed by atoms with van der Waals surface area (Å²) < 4.78 is 8.30. The Kier molecular flexibility index (Phi) is 4.45. The van der Waals surface area contributed by atoms with E-state index in [1.807, 2.05) is 12.5 Å². The zero-order chi connectivity index (χ0) is 18.2. The summed E-state index contributed by atoms with van der Waals surface area (Å²) in [6, 6.07) is 0.988. The van der Waals surface area contributed by atoms with Gasteiger partial charge in [0.25, 0.3) is 0 Å². The molecule has 5 heterocycles. The quantitative estimate of drug-likeness (QED) is 0.855. The highest BCUT2D eigenvalue weighted by molar-refractivity contribution is 5.51. The lowest BCUT2D eigenvalue weighted by molar-refractivity contribution is 0.187. The second kappa shape index (κ2) is 7.09. The molecule has 3 aliphatic heterocycles. The summed E-state index contributed by atoms with van der Waals surface area (Å²) in [5.74, 6) is 1.05.